The summed E-state index contributed by atoms with van der Waals surface area (Å²) < 4.78 is 15.6. The molecule has 0 bridgehead atoms. The van der Waals surface area contributed by atoms with Crippen LogP contribution in [0.5, 0.6) is 11.5 Å². The molecule has 0 saturated carbocycles. The number of allylic oxidation sites excluding steroid dienone is 1. The largest absolute Gasteiger partial charge is 0.493 e. The third kappa shape index (κ3) is 4.86. The molecule has 0 aliphatic carbocycles. The Labute approximate surface area is 160 Å². The highest BCUT2D eigenvalue weighted by molar-refractivity contribution is 7.14. The molecular weight excluding hydrogens is 368 g/mol. The van der Waals surface area contributed by atoms with Crippen LogP contribution < -0.4 is 14.8 Å². The summed E-state index contributed by atoms with van der Waals surface area (Å²) in [5, 5.41) is 13.6. The highest BCUT2D eigenvalue weighted by Gasteiger charge is 2.18. The van der Waals surface area contributed by atoms with Crippen LogP contribution in [0.3, 0.4) is 0 Å². The standard InChI is InChI=1S/C19H18N2O5S/c1-4-5-12-8-14(9-15(24-2)17(12)25-3)19(23)26-11-16(22)21-18-13(10-20)6-7-27-18/h4,6-9H,1,5,11H2,2-3H3,(H,21,22). The molecule has 0 atom stereocenters. The Morgan fingerprint density at radius 3 is 2.74 bits per heavy atom. The smallest absolute Gasteiger partial charge is 0.338 e. The van der Waals surface area contributed by atoms with Crippen LogP contribution >= 0.6 is 11.3 Å². The molecular formula is C19H18N2O5S. The van der Waals surface area contributed by atoms with Gasteiger partial charge in [-0.2, -0.15) is 5.26 Å². The minimum atomic E-state index is -0.678. The molecule has 8 heteroatoms. The number of methoxy groups -OCH3 is 2. The van der Waals surface area contributed by atoms with Crippen molar-refractivity contribution in [1.82, 2.24) is 0 Å². The van der Waals surface area contributed by atoms with E-state index in [2.05, 4.69) is 11.9 Å². The van der Waals surface area contributed by atoms with Gasteiger partial charge >= 0.3 is 5.97 Å². The summed E-state index contributed by atoms with van der Waals surface area (Å²) in [4.78, 5) is 24.3. The van der Waals surface area contributed by atoms with Crippen molar-refractivity contribution < 1.29 is 23.8 Å². The molecule has 0 aliphatic heterocycles. The number of hydrogen-bond acceptors (Lipinski definition) is 7. The summed E-state index contributed by atoms with van der Waals surface area (Å²) in [6.07, 6.45) is 2.14. The number of esters is 1. The number of nitriles is 1. The number of carbonyl (C=O) groups is 2. The van der Waals surface area contributed by atoms with Gasteiger partial charge < -0.3 is 19.5 Å². The molecule has 1 amide bonds. The number of hydrogen-bond donors (Lipinski definition) is 1. The maximum absolute atomic E-state index is 12.3. The van der Waals surface area contributed by atoms with Gasteiger partial charge in [-0.15, -0.1) is 17.9 Å². The van der Waals surface area contributed by atoms with Gasteiger partial charge in [-0.25, -0.2) is 4.79 Å². The third-order valence-electron chi connectivity index (χ3n) is 3.53. The lowest BCUT2D eigenvalue weighted by atomic mass is 10.1. The second-order valence-electron chi connectivity index (χ2n) is 5.26. The van der Waals surface area contributed by atoms with Crippen molar-refractivity contribution in [3.63, 3.8) is 0 Å². The zero-order chi connectivity index (χ0) is 19.8. The number of benzene rings is 1. The van der Waals surface area contributed by atoms with Crippen LogP contribution in [-0.2, 0) is 16.0 Å². The van der Waals surface area contributed by atoms with Crippen LogP contribution in [0.1, 0.15) is 21.5 Å². The summed E-state index contributed by atoms with van der Waals surface area (Å²) in [6.45, 7) is 3.20. The molecule has 0 fully saturated rings. The first kappa shape index (κ1) is 20.0. The van der Waals surface area contributed by atoms with E-state index in [-0.39, 0.29) is 5.56 Å². The minimum absolute atomic E-state index is 0.228. The molecule has 0 radical (unpaired) electrons. The summed E-state index contributed by atoms with van der Waals surface area (Å²) >= 11 is 1.21. The predicted molar refractivity (Wildman–Crippen MR) is 101 cm³/mol. The Hall–Kier alpha value is -3.31. The normalized spacial score (nSPS) is 9.81. The van der Waals surface area contributed by atoms with E-state index in [9.17, 15) is 9.59 Å². The van der Waals surface area contributed by atoms with Crippen molar-refractivity contribution in [2.24, 2.45) is 0 Å². The molecule has 1 aromatic heterocycles. The summed E-state index contributed by atoms with van der Waals surface area (Å²) in [5.41, 5.74) is 1.29. The van der Waals surface area contributed by atoms with E-state index in [1.807, 2.05) is 6.07 Å². The van der Waals surface area contributed by atoms with Gasteiger partial charge in [0.15, 0.2) is 18.1 Å². The van der Waals surface area contributed by atoms with Crippen molar-refractivity contribution in [2.45, 2.75) is 6.42 Å². The van der Waals surface area contributed by atoms with Crippen LogP contribution in [0.2, 0.25) is 0 Å². The maximum atomic E-state index is 12.3. The summed E-state index contributed by atoms with van der Waals surface area (Å²) in [6, 6.07) is 6.65. The van der Waals surface area contributed by atoms with Crippen LogP contribution in [0.25, 0.3) is 0 Å². The van der Waals surface area contributed by atoms with Crippen LogP contribution in [-0.4, -0.2) is 32.7 Å². The van der Waals surface area contributed by atoms with Crippen LogP contribution in [0, 0.1) is 11.3 Å². The van der Waals surface area contributed by atoms with Gasteiger partial charge in [-0.3, -0.25) is 4.79 Å². The van der Waals surface area contributed by atoms with Gasteiger partial charge in [0.25, 0.3) is 5.91 Å². The number of thiophene rings is 1. The third-order valence-corrected chi connectivity index (χ3v) is 4.36. The van der Waals surface area contributed by atoms with Crippen molar-refractivity contribution >= 4 is 28.2 Å². The first-order chi connectivity index (χ1) is 13.0. The minimum Gasteiger partial charge on any atom is -0.493 e. The topological polar surface area (TPSA) is 97.7 Å². The number of amides is 1. The molecule has 2 aromatic rings. The number of ether oxygens (including phenoxy) is 3. The monoisotopic (exact) mass is 386 g/mol. The van der Waals surface area contributed by atoms with Crippen LogP contribution in [0.15, 0.2) is 36.2 Å². The molecule has 1 aromatic carbocycles. The summed E-state index contributed by atoms with van der Waals surface area (Å²) in [7, 11) is 2.97. The SMILES string of the molecule is C=CCc1cc(C(=O)OCC(=O)Nc2sccc2C#N)cc(OC)c1OC. The van der Waals surface area contributed by atoms with E-state index in [1.54, 1.807) is 23.6 Å². The van der Waals surface area contributed by atoms with Gasteiger partial charge in [0.2, 0.25) is 0 Å². The molecule has 2 rings (SSSR count). The number of nitrogens with zero attached hydrogens (tertiary/aromatic N) is 1. The Morgan fingerprint density at radius 1 is 1.33 bits per heavy atom. The predicted octanol–water partition coefficient (Wildman–Crippen LogP) is 3.16. The maximum Gasteiger partial charge on any atom is 0.338 e. The Balaban J connectivity index is 2.09. The number of rotatable bonds is 8. The average molecular weight is 386 g/mol. The lowest BCUT2D eigenvalue weighted by Crippen LogP contribution is -2.21. The molecule has 1 heterocycles. The first-order valence-electron chi connectivity index (χ1n) is 7.84. The molecule has 0 aliphatic rings. The molecule has 0 saturated heterocycles. The average Bonchev–Trinajstić information content (AvgIpc) is 3.12. The second kappa shape index (κ2) is 9.40. The lowest BCUT2D eigenvalue weighted by Gasteiger charge is -2.14. The fraction of sp³-hybridized carbons (Fsp3) is 0.211. The van der Waals surface area contributed by atoms with Gasteiger partial charge in [-0.05, 0) is 30.0 Å². The Bertz CT molecular complexity index is 898. The first-order valence-corrected chi connectivity index (χ1v) is 8.72. The Morgan fingerprint density at radius 2 is 2.11 bits per heavy atom. The zero-order valence-electron chi connectivity index (χ0n) is 14.9. The summed E-state index contributed by atoms with van der Waals surface area (Å²) in [5.74, 6) is -0.323. The van der Waals surface area contributed by atoms with Crippen molar-refractivity contribution in [3.8, 4) is 17.6 Å². The van der Waals surface area contributed by atoms with Gasteiger partial charge in [0, 0.05) is 5.56 Å². The van der Waals surface area contributed by atoms with E-state index >= 15 is 0 Å². The molecule has 0 spiro atoms. The quantitative estimate of drug-likeness (QED) is 0.553. The van der Waals surface area contributed by atoms with Crippen molar-refractivity contribution in [1.29, 1.82) is 5.26 Å². The lowest BCUT2D eigenvalue weighted by molar-refractivity contribution is -0.119. The number of nitrogens with one attached hydrogen (secondary N) is 1. The molecule has 0 unspecified atom stereocenters. The fourth-order valence-electron chi connectivity index (χ4n) is 2.34. The fourth-order valence-corrected chi connectivity index (χ4v) is 3.09. The highest BCUT2D eigenvalue weighted by atomic mass is 32.1. The van der Waals surface area contributed by atoms with Gasteiger partial charge in [-0.1, -0.05) is 6.08 Å². The van der Waals surface area contributed by atoms with Crippen LogP contribution in [0.4, 0.5) is 5.00 Å². The van der Waals surface area contributed by atoms with E-state index in [4.69, 9.17) is 19.5 Å². The number of carbonyl (C=O) groups excluding carboxylic acids is 2. The highest BCUT2D eigenvalue weighted by Crippen LogP contribution is 2.33. The van der Waals surface area contributed by atoms with Gasteiger partial charge in [0.1, 0.15) is 11.1 Å². The molecule has 27 heavy (non-hydrogen) atoms. The van der Waals surface area contributed by atoms with E-state index in [0.29, 0.717) is 34.0 Å². The van der Waals surface area contributed by atoms with Crippen molar-refractivity contribution in [3.05, 3.63) is 52.9 Å². The van der Waals surface area contributed by atoms with Crippen molar-refractivity contribution in [2.75, 3.05) is 26.1 Å². The van der Waals surface area contributed by atoms with Gasteiger partial charge in [0.05, 0.1) is 25.3 Å². The van der Waals surface area contributed by atoms with E-state index in [0.717, 1.165) is 0 Å². The second-order valence-corrected chi connectivity index (χ2v) is 6.18. The van der Waals surface area contributed by atoms with E-state index in [1.165, 1.54) is 31.6 Å². The number of anilines is 1. The molecule has 1 N–H and O–H groups in total. The zero-order valence-corrected chi connectivity index (χ0v) is 15.7. The molecule has 140 valence electrons. The van der Waals surface area contributed by atoms with E-state index < -0.39 is 18.5 Å². The Kier molecular flexibility index (Phi) is 6.97. The molecule has 7 nitrogen and oxygen atoms in total.